The molecule has 10 heteroatoms. The van der Waals surface area contributed by atoms with E-state index in [1.165, 1.54) is 4.90 Å². The number of hydrogen-bond acceptors (Lipinski definition) is 5. The molecule has 0 fully saturated rings. The zero-order chi connectivity index (χ0) is 17.5. The lowest BCUT2D eigenvalue weighted by molar-refractivity contribution is -0.127. The van der Waals surface area contributed by atoms with Gasteiger partial charge in [0.2, 0.25) is 17.6 Å². The summed E-state index contributed by atoms with van der Waals surface area (Å²) in [6, 6.07) is 7.20. The summed E-state index contributed by atoms with van der Waals surface area (Å²) >= 11 is 5.95. The monoisotopic (exact) mass is 478 g/mol. The van der Waals surface area contributed by atoms with E-state index < -0.39 is 0 Å². The molecule has 8 nitrogen and oxygen atoms in total. The lowest BCUT2D eigenvalue weighted by Crippen LogP contribution is -2.42. The molecular weight excluding hydrogens is 459 g/mol. The van der Waals surface area contributed by atoms with Crippen LogP contribution in [0.5, 0.6) is 0 Å². The zero-order valence-electron chi connectivity index (χ0n) is 14.1. The Morgan fingerprint density at radius 2 is 2.12 bits per heavy atom. The number of aliphatic imine (C=N–C) groups is 1. The third kappa shape index (κ3) is 6.50. The fraction of sp³-hybridized carbons (Fsp3) is 0.333. The maximum Gasteiger partial charge on any atom is 0.246 e. The number of carbonyl (C=O) groups is 1. The van der Waals surface area contributed by atoms with Gasteiger partial charge in [-0.15, -0.1) is 24.0 Å². The highest BCUT2D eigenvalue weighted by molar-refractivity contribution is 14.0. The van der Waals surface area contributed by atoms with Crippen molar-refractivity contribution in [2.45, 2.75) is 6.54 Å². The van der Waals surface area contributed by atoms with Crippen LogP contribution in [0, 0.1) is 0 Å². The molecule has 1 aromatic heterocycles. The van der Waals surface area contributed by atoms with E-state index in [2.05, 4.69) is 25.8 Å². The molecule has 2 rings (SSSR count). The van der Waals surface area contributed by atoms with Crippen molar-refractivity contribution in [3.63, 3.8) is 0 Å². The molecule has 0 unspecified atom stereocenters. The second-order valence-corrected chi connectivity index (χ2v) is 5.53. The highest BCUT2D eigenvalue weighted by Crippen LogP contribution is 2.19. The highest BCUT2D eigenvalue weighted by Gasteiger charge is 2.10. The first-order chi connectivity index (χ1) is 11.5. The molecule has 0 bridgehead atoms. The van der Waals surface area contributed by atoms with Gasteiger partial charge in [-0.1, -0.05) is 28.9 Å². The van der Waals surface area contributed by atoms with Gasteiger partial charge in [0.1, 0.15) is 0 Å². The van der Waals surface area contributed by atoms with Crippen LogP contribution in [0.2, 0.25) is 5.02 Å². The van der Waals surface area contributed by atoms with Crippen LogP contribution in [-0.2, 0) is 11.3 Å². The van der Waals surface area contributed by atoms with Gasteiger partial charge in [-0.05, 0) is 12.1 Å². The lowest BCUT2D eigenvalue weighted by Gasteiger charge is -2.13. The smallest absolute Gasteiger partial charge is 0.246 e. The Labute approximate surface area is 168 Å². The van der Waals surface area contributed by atoms with Crippen molar-refractivity contribution in [1.82, 2.24) is 25.7 Å². The number of guanidine groups is 1. The minimum atomic E-state index is -0.0565. The molecule has 0 spiro atoms. The van der Waals surface area contributed by atoms with Gasteiger partial charge in [0.15, 0.2) is 5.96 Å². The number of nitrogens with zero attached hydrogens (tertiary/aromatic N) is 4. The van der Waals surface area contributed by atoms with Crippen molar-refractivity contribution in [2.75, 3.05) is 27.7 Å². The normalized spacial score (nSPS) is 10.8. The maximum absolute atomic E-state index is 11.6. The van der Waals surface area contributed by atoms with Gasteiger partial charge >= 0.3 is 0 Å². The Balaban J connectivity index is 0.00000312. The lowest BCUT2D eigenvalue weighted by atomic mass is 10.2. The van der Waals surface area contributed by atoms with E-state index >= 15 is 0 Å². The Kier molecular flexibility index (Phi) is 8.62. The highest BCUT2D eigenvalue weighted by atomic mass is 127. The third-order valence-electron chi connectivity index (χ3n) is 3.09. The summed E-state index contributed by atoms with van der Waals surface area (Å²) in [6.07, 6.45) is 0. The van der Waals surface area contributed by atoms with Gasteiger partial charge in [-0.25, -0.2) is 0 Å². The first kappa shape index (κ1) is 21.2. The van der Waals surface area contributed by atoms with Crippen molar-refractivity contribution in [3.05, 3.63) is 35.2 Å². The molecule has 1 aromatic carbocycles. The summed E-state index contributed by atoms with van der Waals surface area (Å²) < 4.78 is 5.19. The Morgan fingerprint density at radius 3 is 2.76 bits per heavy atom. The SMILES string of the molecule is CN=C(NCC(=O)N(C)C)NCc1nc(-c2cccc(Cl)c2)no1.I. The van der Waals surface area contributed by atoms with Crippen LogP contribution in [0.4, 0.5) is 0 Å². The molecule has 0 aliphatic carbocycles. The summed E-state index contributed by atoms with van der Waals surface area (Å²) in [5.74, 6) is 1.26. The van der Waals surface area contributed by atoms with E-state index in [0.717, 1.165) is 5.56 Å². The quantitative estimate of drug-likeness (QED) is 0.386. The number of amides is 1. The molecular formula is C15H20ClIN6O2. The molecule has 25 heavy (non-hydrogen) atoms. The van der Waals surface area contributed by atoms with Crippen LogP contribution in [-0.4, -0.2) is 54.6 Å². The topological polar surface area (TPSA) is 95.7 Å². The summed E-state index contributed by atoms with van der Waals surface area (Å²) in [5.41, 5.74) is 0.775. The minimum Gasteiger partial charge on any atom is -0.347 e. The Bertz CT molecular complexity index is 734. The number of benzene rings is 1. The van der Waals surface area contributed by atoms with Crippen LogP contribution in [0.3, 0.4) is 0 Å². The summed E-state index contributed by atoms with van der Waals surface area (Å²) in [7, 11) is 4.99. The average molecular weight is 479 g/mol. The molecule has 0 saturated heterocycles. The van der Waals surface area contributed by atoms with Gasteiger partial charge in [-0.2, -0.15) is 4.98 Å². The number of hydrogen-bond donors (Lipinski definition) is 2. The predicted molar refractivity (Wildman–Crippen MR) is 107 cm³/mol. The second-order valence-electron chi connectivity index (χ2n) is 5.09. The molecule has 0 radical (unpaired) electrons. The largest absolute Gasteiger partial charge is 0.347 e. The predicted octanol–water partition coefficient (Wildman–Crippen LogP) is 1.76. The summed E-state index contributed by atoms with van der Waals surface area (Å²) in [4.78, 5) is 21.4. The van der Waals surface area contributed by atoms with Crippen LogP contribution in [0.1, 0.15) is 5.89 Å². The van der Waals surface area contributed by atoms with Crippen LogP contribution in [0.15, 0.2) is 33.8 Å². The number of rotatable bonds is 5. The van der Waals surface area contributed by atoms with Gasteiger partial charge in [-0.3, -0.25) is 9.79 Å². The van der Waals surface area contributed by atoms with Crippen molar-refractivity contribution in [3.8, 4) is 11.4 Å². The molecule has 2 aromatic rings. The number of aromatic nitrogens is 2. The summed E-state index contributed by atoms with van der Waals surface area (Å²) in [6.45, 7) is 0.424. The number of carbonyl (C=O) groups excluding carboxylic acids is 1. The second kappa shape index (κ2) is 10.2. The number of likely N-dealkylation sites (N-methyl/N-ethyl adjacent to an activating group) is 1. The van der Waals surface area contributed by atoms with Crippen molar-refractivity contribution >= 4 is 47.4 Å². The number of halogens is 2. The molecule has 0 atom stereocenters. The Hall–Kier alpha value is -1.88. The molecule has 0 aliphatic rings. The van der Waals surface area contributed by atoms with E-state index in [1.54, 1.807) is 33.3 Å². The standard InChI is InChI=1S/C15H19ClN6O2.HI/c1-17-15(19-9-13(23)22(2)3)18-8-12-20-14(21-24-12)10-5-4-6-11(16)7-10;/h4-7H,8-9H2,1-3H3,(H2,17,18,19);1H. The maximum atomic E-state index is 11.6. The van der Waals surface area contributed by atoms with Crippen molar-refractivity contribution in [1.29, 1.82) is 0 Å². The van der Waals surface area contributed by atoms with Crippen LogP contribution in [0.25, 0.3) is 11.4 Å². The fourth-order valence-corrected chi connectivity index (χ4v) is 1.96. The van der Waals surface area contributed by atoms with Gasteiger partial charge < -0.3 is 20.1 Å². The first-order valence-electron chi connectivity index (χ1n) is 7.23. The Morgan fingerprint density at radius 1 is 1.36 bits per heavy atom. The van der Waals surface area contributed by atoms with Gasteiger partial charge in [0.25, 0.3) is 0 Å². The zero-order valence-corrected chi connectivity index (χ0v) is 17.2. The fourth-order valence-electron chi connectivity index (χ4n) is 1.77. The van der Waals surface area contributed by atoms with E-state index in [-0.39, 0.29) is 43.0 Å². The van der Waals surface area contributed by atoms with E-state index in [4.69, 9.17) is 16.1 Å². The van der Waals surface area contributed by atoms with E-state index in [1.807, 2.05) is 12.1 Å². The van der Waals surface area contributed by atoms with E-state index in [9.17, 15) is 4.79 Å². The molecule has 1 amide bonds. The van der Waals surface area contributed by atoms with Crippen LogP contribution >= 0.6 is 35.6 Å². The van der Waals surface area contributed by atoms with E-state index in [0.29, 0.717) is 22.7 Å². The molecule has 1 heterocycles. The van der Waals surface area contributed by atoms with Crippen molar-refractivity contribution in [2.24, 2.45) is 4.99 Å². The average Bonchev–Trinajstić information content (AvgIpc) is 3.03. The van der Waals surface area contributed by atoms with Gasteiger partial charge in [0, 0.05) is 31.7 Å². The molecule has 136 valence electrons. The first-order valence-corrected chi connectivity index (χ1v) is 7.60. The van der Waals surface area contributed by atoms with Crippen LogP contribution < -0.4 is 10.6 Å². The molecule has 2 N–H and O–H groups in total. The van der Waals surface area contributed by atoms with Crippen molar-refractivity contribution < 1.29 is 9.32 Å². The molecule has 0 saturated carbocycles. The third-order valence-corrected chi connectivity index (χ3v) is 3.32. The number of nitrogens with one attached hydrogen (secondary N) is 2. The minimum absolute atomic E-state index is 0. The molecule has 0 aliphatic heterocycles. The van der Waals surface area contributed by atoms with Gasteiger partial charge in [0.05, 0.1) is 13.1 Å². The summed E-state index contributed by atoms with van der Waals surface area (Å²) in [5, 5.41) is 10.4.